The molecule has 0 aliphatic heterocycles. The summed E-state index contributed by atoms with van der Waals surface area (Å²) in [4.78, 5) is 12.4. The second-order valence-corrected chi connectivity index (χ2v) is 7.20. The Bertz CT molecular complexity index is 1020. The third-order valence-corrected chi connectivity index (χ3v) is 5.13. The quantitative estimate of drug-likeness (QED) is 0.732. The SMILES string of the molecule is CCNC(=O)c1c(C)oc2ccc(NS(=O)(=O)c3ccccc3)cc12. The summed E-state index contributed by atoms with van der Waals surface area (Å²) >= 11 is 0. The molecule has 0 fully saturated rings. The molecule has 2 N–H and O–H groups in total. The van der Waals surface area contributed by atoms with Crippen LogP contribution in [0.1, 0.15) is 23.0 Å². The average molecular weight is 358 g/mol. The summed E-state index contributed by atoms with van der Waals surface area (Å²) in [7, 11) is -3.70. The number of hydrogen-bond donors (Lipinski definition) is 2. The Kier molecular flexibility index (Phi) is 4.50. The number of benzene rings is 2. The van der Waals surface area contributed by atoms with Gasteiger partial charge in [0.2, 0.25) is 0 Å². The number of aryl methyl sites for hydroxylation is 1. The molecule has 7 heteroatoms. The zero-order valence-electron chi connectivity index (χ0n) is 13.9. The van der Waals surface area contributed by atoms with Crippen molar-refractivity contribution in [3.63, 3.8) is 0 Å². The minimum Gasteiger partial charge on any atom is -0.461 e. The van der Waals surface area contributed by atoms with Gasteiger partial charge in [0, 0.05) is 17.6 Å². The Hall–Kier alpha value is -2.80. The Morgan fingerprint density at radius 1 is 1.12 bits per heavy atom. The number of sulfonamides is 1. The molecule has 0 aliphatic carbocycles. The predicted molar refractivity (Wildman–Crippen MR) is 96.2 cm³/mol. The number of amides is 1. The van der Waals surface area contributed by atoms with E-state index in [-0.39, 0.29) is 10.8 Å². The first-order chi connectivity index (χ1) is 11.9. The van der Waals surface area contributed by atoms with Crippen molar-refractivity contribution in [3.05, 3.63) is 59.9 Å². The summed E-state index contributed by atoms with van der Waals surface area (Å²) in [5.74, 6) is 0.242. The molecule has 130 valence electrons. The number of fused-ring (bicyclic) bond motifs is 1. The molecule has 3 rings (SSSR count). The standard InChI is InChI=1S/C18H18N2O4S/c1-3-19-18(21)17-12(2)24-16-10-9-13(11-15(16)17)20-25(22,23)14-7-5-4-6-8-14/h4-11,20H,3H2,1-2H3,(H,19,21). The highest BCUT2D eigenvalue weighted by molar-refractivity contribution is 7.92. The Balaban J connectivity index is 2.01. The van der Waals surface area contributed by atoms with Gasteiger partial charge in [0.15, 0.2) is 0 Å². The van der Waals surface area contributed by atoms with Gasteiger partial charge in [-0.3, -0.25) is 9.52 Å². The lowest BCUT2D eigenvalue weighted by Gasteiger charge is -2.08. The molecule has 0 saturated carbocycles. The number of anilines is 1. The van der Waals surface area contributed by atoms with E-state index in [4.69, 9.17) is 4.42 Å². The van der Waals surface area contributed by atoms with Crippen LogP contribution in [0.5, 0.6) is 0 Å². The van der Waals surface area contributed by atoms with Crippen molar-refractivity contribution in [2.75, 3.05) is 11.3 Å². The maximum absolute atomic E-state index is 12.5. The van der Waals surface area contributed by atoms with E-state index in [0.717, 1.165) is 0 Å². The van der Waals surface area contributed by atoms with Crippen LogP contribution in [0.2, 0.25) is 0 Å². The van der Waals surface area contributed by atoms with Crippen molar-refractivity contribution in [2.45, 2.75) is 18.7 Å². The van der Waals surface area contributed by atoms with Crippen LogP contribution < -0.4 is 10.0 Å². The zero-order valence-corrected chi connectivity index (χ0v) is 14.7. The van der Waals surface area contributed by atoms with Crippen molar-refractivity contribution >= 4 is 32.6 Å². The third kappa shape index (κ3) is 3.36. The van der Waals surface area contributed by atoms with Crippen molar-refractivity contribution in [3.8, 4) is 0 Å². The van der Waals surface area contributed by atoms with Gasteiger partial charge in [-0.05, 0) is 44.2 Å². The number of rotatable bonds is 5. The summed E-state index contributed by atoms with van der Waals surface area (Å²) in [6.45, 7) is 4.03. The smallest absolute Gasteiger partial charge is 0.261 e. The predicted octanol–water partition coefficient (Wildman–Crippen LogP) is 3.29. The molecule has 0 aliphatic rings. The fraction of sp³-hybridized carbons (Fsp3) is 0.167. The van der Waals surface area contributed by atoms with Crippen LogP contribution in [0.15, 0.2) is 57.8 Å². The molecule has 0 spiro atoms. The lowest BCUT2D eigenvalue weighted by atomic mass is 10.1. The van der Waals surface area contributed by atoms with E-state index in [0.29, 0.717) is 34.5 Å². The highest BCUT2D eigenvalue weighted by atomic mass is 32.2. The van der Waals surface area contributed by atoms with Crippen LogP contribution in [-0.2, 0) is 10.0 Å². The summed E-state index contributed by atoms with van der Waals surface area (Å²) in [6, 6.07) is 13.0. The van der Waals surface area contributed by atoms with Gasteiger partial charge in [0.25, 0.3) is 15.9 Å². The molecule has 2 aromatic carbocycles. The van der Waals surface area contributed by atoms with Crippen LogP contribution >= 0.6 is 0 Å². The van der Waals surface area contributed by atoms with E-state index in [1.165, 1.54) is 12.1 Å². The number of nitrogens with one attached hydrogen (secondary N) is 2. The summed E-state index contributed by atoms with van der Waals surface area (Å²) in [6.07, 6.45) is 0. The molecule has 0 bridgehead atoms. The lowest BCUT2D eigenvalue weighted by molar-refractivity contribution is 0.0955. The van der Waals surface area contributed by atoms with Crippen LogP contribution in [0.25, 0.3) is 11.0 Å². The van der Waals surface area contributed by atoms with Gasteiger partial charge < -0.3 is 9.73 Å². The second-order valence-electron chi connectivity index (χ2n) is 5.52. The largest absolute Gasteiger partial charge is 0.461 e. The van der Waals surface area contributed by atoms with Crippen LogP contribution in [0, 0.1) is 6.92 Å². The van der Waals surface area contributed by atoms with Crippen LogP contribution in [0.4, 0.5) is 5.69 Å². The first kappa shape index (κ1) is 17.0. The molecular formula is C18H18N2O4S. The summed E-state index contributed by atoms with van der Waals surface area (Å²) in [5.41, 5.74) is 1.31. The molecule has 1 amide bonds. The Morgan fingerprint density at radius 2 is 1.84 bits per heavy atom. The molecule has 6 nitrogen and oxygen atoms in total. The van der Waals surface area contributed by atoms with Gasteiger partial charge in [-0.25, -0.2) is 8.42 Å². The van der Waals surface area contributed by atoms with Gasteiger partial charge in [-0.1, -0.05) is 18.2 Å². The fourth-order valence-electron chi connectivity index (χ4n) is 2.63. The van der Waals surface area contributed by atoms with Crippen LogP contribution in [-0.4, -0.2) is 20.9 Å². The zero-order chi connectivity index (χ0) is 18.0. The lowest BCUT2D eigenvalue weighted by Crippen LogP contribution is -2.23. The third-order valence-electron chi connectivity index (χ3n) is 3.73. The highest BCUT2D eigenvalue weighted by Crippen LogP contribution is 2.29. The van der Waals surface area contributed by atoms with E-state index in [9.17, 15) is 13.2 Å². The first-order valence-corrected chi connectivity index (χ1v) is 9.30. The highest BCUT2D eigenvalue weighted by Gasteiger charge is 2.19. The molecular weight excluding hydrogens is 340 g/mol. The normalized spacial score (nSPS) is 11.4. The van der Waals surface area contributed by atoms with E-state index in [2.05, 4.69) is 10.0 Å². The van der Waals surface area contributed by atoms with Crippen LogP contribution in [0.3, 0.4) is 0 Å². The molecule has 0 saturated heterocycles. The molecule has 3 aromatic rings. The van der Waals surface area contributed by atoms with Gasteiger partial charge in [0.05, 0.1) is 10.5 Å². The number of hydrogen-bond acceptors (Lipinski definition) is 4. The van der Waals surface area contributed by atoms with Crippen molar-refractivity contribution in [2.24, 2.45) is 0 Å². The Morgan fingerprint density at radius 3 is 2.52 bits per heavy atom. The van der Waals surface area contributed by atoms with Gasteiger partial charge in [-0.15, -0.1) is 0 Å². The monoisotopic (exact) mass is 358 g/mol. The maximum Gasteiger partial charge on any atom is 0.261 e. The number of furan rings is 1. The van der Waals surface area contributed by atoms with E-state index in [1.54, 1.807) is 43.3 Å². The van der Waals surface area contributed by atoms with Crippen molar-refractivity contribution in [1.29, 1.82) is 0 Å². The van der Waals surface area contributed by atoms with E-state index in [1.807, 2.05) is 6.92 Å². The van der Waals surface area contributed by atoms with Gasteiger partial charge >= 0.3 is 0 Å². The topological polar surface area (TPSA) is 88.4 Å². The molecule has 1 aromatic heterocycles. The molecule has 1 heterocycles. The number of carbonyl (C=O) groups excluding carboxylic acids is 1. The first-order valence-electron chi connectivity index (χ1n) is 7.81. The van der Waals surface area contributed by atoms with Crippen molar-refractivity contribution < 1.29 is 17.6 Å². The summed E-state index contributed by atoms with van der Waals surface area (Å²) < 4.78 is 33.0. The number of carbonyl (C=O) groups is 1. The molecule has 0 atom stereocenters. The average Bonchev–Trinajstić information content (AvgIpc) is 2.91. The van der Waals surface area contributed by atoms with E-state index < -0.39 is 10.0 Å². The van der Waals surface area contributed by atoms with E-state index >= 15 is 0 Å². The Labute approximate surface area is 145 Å². The summed E-state index contributed by atoms with van der Waals surface area (Å²) in [5, 5.41) is 3.30. The minimum atomic E-state index is -3.70. The minimum absolute atomic E-state index is 0.169. The molecule has 25 heavy (non-hydrogen) atoms. The second kappa shape index (κ2) is 6.60. The maximum atomic E-state index is 12.5. The molecule has 0 unspecified atom stereocenters. The van der Waals surface area contributed by atoms with Gasteiger partial charge in [0.1, 0.15) is 11.3 Å². The van der Waals surface area contributed by atoms with Gasteiger partial charge in [-0.2, -0.15) is 0 Å². The molecule has 0 radical (unpaired) electrons. The fourth-order valence-corrected chi connectivity index (χ4v) is 3.70. The van der Waals surface area contributed by atoms with Crippen molar-refractivity contribution in [1.82, 2.24) is 5.32 Å².